The molecule has 1 aromatic carbocycles. The van der Waals surface area contributed by atoms with Crippen LogP contribution in [0.1, 0.15) is 11.3 Å². The quantitative estimate of drug-likeness (QED) is 0.895. The van der Waals surface area contributed by atoms with E-state index in [4.69, 9.17) is 11.0 Å². The fourth-order valence-electron chi connectivity index (χ4n) is 1.50. The molecule has 96 valence electrons. The molecule has 0 saturated carbocycles. The molecule has 2 aromatic rings. The van der Waals surface area contributed by atoms with Gasteiger partial charge < -0.3 is 11.1 Å². The second-order valence-corrected chi connectivity index (χ2v) is 4.57. The highest BCUT2D eigenvalue weighted by Gasteiger charge is 2.12. The molecule has 2 rings (SSSR count). The number of anilines is 2. The van der Waals surface area contributed by atoms with E-state index in [0.717, 1.165) is 6.07 Å². The molecule has 0 atom stereocenters. The van der Waals surface area contributed by atoms with E-state index in [1.807, 2.05) is 0 Å². The topological polar surface area (TPSA) is 91.8 Å². The van der Waals surface area contributed by atoms with Crippen molar-refractivity contribution in [2.75, 3.05) is 11.1 Å². The summed E-state index contributed by atoms with van der Waals surface area (Å²) in [5, 5.41) is 13.4. The van der Waals surface area contributed by atoms with E-state index in [0.29, 0.717) is 10.8 Å². The highest BCUT2D eigenvalue weighted by atomic mass is 32.1. The number of nitriles is 1. The van der Waals surface area contributed by atoms with Crippen molar-refractivity contribution in [2.24, 2.45) is 0 Å². The molecule has 0 bridgehead atoms. The number of nitrogen functional groups attached to an aromatic ring is 1. The zero-order valence-electron chi connectivity index (χ0n) is 9.68. The SMILES string of the molecule is N#Cc1c(F)cccc1NC(=O)Cc1csc(N)n1. The summed E-state index contributed by atoms with van der Waals surface area (Å²) in [4.78, 5) is 15.7. The molecule has 0 unspecified atom stereocenters. The number of hydrogen-bond acceptors (Lipinski definition) is 5. The third kappa shape index (κ3) is 3.05. The van der Waals surface area contributed by atoms with Gasteiger partial charge >= 0.3 is 0 Å². The minimum Gasteiger partial charge on any atom is -0.375 e. The van der Waals surface area contributed by atoms with E-state index in [9.17, 15) is 9.18 Å². The van der Waals surface area contributed by atoms with Crippen molar-refractivity contribution < 1.29 is 9.18 Å². The number of aromatic nitrogens is 1. The van der Waals surface area contributed by atoms with E-state index in [1.165, 1.54) is 23.5 Å². The normalized spacial score (nSPS) is 9.89. The van der Waals surface area contributed by atoms with Gasteiger partial charge in [0.25, 0.3) is 0 Å². The Morgan fingerprint density at radius 3 is 3.00 bits per heavy atom. The fraction of sp³-hybridized carbons (Fsp3) is 0.0833. The Hall–Kier alpha value is -2.46. The monoisotopic (exact) mass is 276 g/mol. The van der Waals surface area contributed by atoms with Gasteiger partial charge in [-0.25, -0.2) is 9.37 Å². The molecule has 1 amide bonds. The number of nitrogens with one attached hydrogen (secondary N) is 1. The third-order valence-corrected chi connectivity index (χ3v) is 3.03. The molecule has 0 radical (unpaired) electrons. The first kappa shape index (κ1) is 13.0. The maximum Gasteiger partial charge on any atom is 0.230 e. The number of thiazole rings is 1. The Bertz CT molecular complexity index is 662. The summed E-state index contributed by atoms with van der Waals surface area (Å²) in [6.45, 7) is 0. The molecule has 3 N–H and O–H groups in total. The molecule has 0 aliphatic rings. The first-order chi connectivity index (χ1) is 9.10. The van der Waals surface area contributed by atoms with Crippen molar-refractivity contribution in [3.8, 4) is 6.07 Å². The smallest absolute Gasteiger partial charge is 0.230 e. The summed E-state index contributed by atoms with van der Waals surface area (Å²) in [5.74, 6) is -1.05. The number of halogens is 1. The number of nitrogens with zero attached hydrogens (tertiary/aromatic N) is 2. The van der Waals surface area contributed by atoms with E-state index < -0.39 is 5.82 Å². The highest BCUT2D eigenvalue weighted by molar-refractivity contribution is 7.13. The summed E-state index contributed by atoms with van der Waals surface area (Å²) in [6, 6.07) is 5.77. The van der Waals surface area contributed by atoms with E-state index >= 15 is 0 Å². The maximum atomic E-state index is 13.3. The number of rotatable bonds is 3. The molecule has 19 heavy (non-hydrogen) atoms. The molecule has 7 heteroatoms. The number of carbonyl (C=O) groups excluding carboxylic acids is 1. The molecule has 1 heterocycles. The molecule has 5 nitrogen and oxygen atoms in total. The van der Waals surface area contributed by atoms with E-state index in [-0.39, 0.29) is 23.6 Å². The van der Waals surface area contributed by atoms with Gasteiger partial charge in [0.15, 0.2) is 5.13 Å². The molecule has 0 saturated heterocycles. The second-order valence-electron chi connectivity index (χ2n) is 3.68. The zero-order chi connectivity index (χ0) is 13.8. The van der Waals surface area contributed by atoms with Crippen molar-refractivity contribution in [3.05, 3.63) is 40.7 Å². The van der Waals surface area contributed by atoms with Crippen molar-refractivity contribution in [2.45, 2.75) is 6.42 Å². The predicted molar refractivity (Wildman–Crippen MR) is 70.0 cm³/mol. The number of carbonyl (C=O) groups is 1. The van der Waals surface area contributed by atoms with Crippen molar-refractivity contribution in [1.82, 2.24) is 4.98 Å². The Morgan fingerprint density at radius 2 is 2.37 bits per heavy atom. The number of benzene rings is 1. The maximum absolute atomic E-state index is 13.3. The van der Waals surface area contributed by atoms with Gasteiger partial charge in [0, 0.05) is 5.38 Å². The van der Waals surface area contributed by atoms with Crippen LogP contribution in [0, 0.1) is 17.1 Å². The van der Waals surface area contributed by atoms with Gasteiger partial charge in [0.1, 0.15) is 17.4 Å². The minimum absolute atomic E-state index is 0.0229. The van der Waals surface area contributed by atoms with Gasteiger partial charge in [0.05, 0.1) is 17.8 Å². The van der Waals surface area contributed by atoms with Crippen molar-refractivity contribution in [3.63, 3.8) is 0 Å². The molecule has 0 aliphatic heterocycles. The van der Waals surface area contributed by atoms with Gasteiger partial charge in [-0.15, -0.1) is 11.3 Å². The summed E-state index contributed by atoms with van der Waals surface area (Å²) in [7, 11) is 0. The van der Waals surface area contributed by atoms with Crippen LogP contribution < -0.4 is 11.1 Å². The minimum atomic E-state index is -0.668. The van der Waals surface area contributed by atoms with Crippen LogP contribution in [0.2, 0.25) is 0 Å². The first-order valence-corrected chi connectivity index (χ1v) is 6.16. The highest BCUT2D eigenvalue weighted by Crippen LogP contribution is 2.18. The van der Waals surface area contributed by atoms with E-state index in [1.54, 1.807) is 11.4 Å². The van der Waals surface area contributed by atoms with Crippen LogP contribution in [0.3, 0.4) is 0 Å². The third-order valence-electron chi connectivity index (χ3n) is 2.31. The largest absolute Gasteiger partial charge is 0.375 e. The Labute approximate surface area is 112 Å². The zero-order valence-corrected chi connectivity index (χ0v) is 10.5. The first-order valence-electron chi connectivity index (χ1n) is 5.28. The molecule has 0 spiro atoms. The van der Waals surface area contributed by atoms with Gasteiger partial charge in [-0.1, -0.05) is 6.07 Å². The van der Waals surface area contributed by atoms with Crippen LogP contribution in [0.5, 0.6) is 0 Å². The lowest BCUT2D eigenvalue weighted by atomic mass is 10.1. The van der Waals surface area contributed by atoms with Crippen molar-refractivity contribution in [1.29, 1.82) is 5.26 Å². The standard InChI is InChI=1S/C12H9FN4OS/c13-9-2-1-3-10(8(9)5-14)17-11(18)4-7-6-19-12(15)16-7/h1-3,6H,4H2,(H2,15,16)(H,17,18). The fourth-order valence-corrected chi connectivity index (χ4v) is 2.07. The van der Waals surface area contributed by atoms with Crippen LogP contribution in [0.25, 0.3) is 0 Å². The van der Waals surface area contributed by atoms with Gasteiger partial charge in [0.2, 0.25) is 5.91 Å². The van der Waals surface area contributed by atoms with Gasteiger partial charge in [-0.2, -0.15) is 5.26 Å². The Morgan fingerprint density at radius 1 is 1.58 bits per heavy atom. The summed E-state index contributed by atoms with van der Waals surface area (Å²) >= 11 is 1.24. The Kier molecular flexibility index (Phi) is 3.73. The second kappa shape index (κ2) is 5.46. The van der Waals surface area contributed by atoms with Crippen LogP contribution in [0.4, 0.5) is 15.2 Å². The van der Waals surface area contributed by atoms with Gasteiger partial charge in [-0.3, -0.25) is 4.79 Å². The molecular weight excluding hydrogens is 267 g/mol. The summed E-state index contributed by atoms with van der Waals surface area (Å²) in [6.07, 6.45) is 0.0229. The van der Waals surface area contributed by atoms with Gasteiger partial charge in [-0.05, 0) is 12.1 Å². The summed E-state index contributed by atoms with van der Waals surface area (Å²) < 4.78 is 13.3. The van der Waals surface area contributed by atoms with Crippen LogP contribution in [0.15, 0.2) is 23.6 Å². The Balaban J connectivity index is 2.11. The lowest BCUT2D eigenvalue weighted by Gasteiger charge is -2.06. The average molecular weight is 276 g/mol. The lowest BCUT2D eigenvalue weighted by molar-refractivity contribution is -0.115. The van der Waals surface area contributed by atoms with E-state index in [2.05, 4.69) is 10.3 Å². The molecular formula is C12H9FN4OS. The number of nitrogens with two attached hydrogens (primary N) is 1. The molecule has 0 aliphatic carbocycles. The van der Waals surface area contributed by atoms with Crippen molar-refractivity contribution >= 4 is 28.1 Å². The number of hydrogen-bond donors (Lipinski definition) is 2. The molecule has 1 aromatic heterocycles. The summed E-state index contributed by atoms with van der Waals surface area (Å²) in [5.41, 5.74) is 5.95. The predicted octanol–water partition coefficient (Wildman–Crippen LogP) is 1.92. The molecule has 0 fully saturated rings. The van der Waals surface area contributed by atoms with Crippen LogP contribution >= 0.6 is 11.3 Å². The lowest BCUT2D eigenvalue weighted by Crippen LogP contribution is -2.15. The van der Waals surface area contributed by atoms with Crippen LogP contribution in [-0.4, -0.2) is 10.9 Å². The number of amides is 1. The average Bonchev–Trinajstić information content (AvgIpc) is 2.75. The van der Waals surface area contributed by atoms with Crippen LogP contribution in [-0.2, 0) is 11.2 Å².